The summed E-state index contributed by atoms with van der Waals surface area (Å²) in [7, 11) is -2.03. The Balaban J connectivity index is 1.68. The second kappa shape index (κ2) is 10.9. The second-order valence-corrected chi connectivity index (χ2v) is 11.9. The summed E-state index contributed by atoms with van der Waals surface area (Å²) < 4.78 is 28.1. The Hall–Kier alpha value is -3.14. The van der Waals surface area contributed by atoms with Crippen LogP contribution in [0.4, 0.5) is 5.13 Å². The van der Waals surface area contributed by atoms with Crippen LogP contribution < -0.4 is 4.90 Å². The molecule has 4 rings (SSSR count). The number of carbonyl (C=O) groups is 1. The first-order valence-electron chi connectivity index (χ1n) is 11.9. The second-order valence-electron chi connectivity index (χ2n) is 8.84. The van der Waals surface area contributed by atoms with Gasteiger partial charge in [-0.05, 0) is 73.9 Å². The number of thiazole rings is 1. The van der Waals surface area contributed by atoms with Gasteiger partial charge in [0.15, 0.2) is 5.13 Å². The highest BCUT2D eigenvalue weighted by molar-refractivity contribution is 7.89. The zero-order valence-corrected chi connectivity index (χ0v) is 22.6. The van der Waals surface area contributed by atoms with Gasteiger partial charge in [0.25, 0.3) is 5.91 Å². The molecule has 0 aliphatic heterocycles. The number of hydrogen-bond donors (Lipinski definition) is 0. The van der Waals surface area contributed by atoms with Gasteiger partial charge in [-0.2, -0.15) is 0 Å². The van der Waals surface area contributed by atoms with Crippen molar-refractivity contribution in [1.29, 1.82) is 0 Å². The molecule has 1 amide bonds. The van der Waals surface area contributed by atoms with Crippen LogP contribution in [-0.2, 0) is 16.6 Å². The van der Waals surface area contributed by atoms with Gasteiger partial charge in [0.2, 0.25) is 10.0 Å². The van der Waals surface area contributed by atoms with Gasteiger partial charge >= 0.3 is 0 Å². The van der Waals surface area contributed by atoms with Crippen molar-refractivity contribution in [3.8, 4) is 0 Å². The van der Waals surface area contributed by atoms with E-state index in [2.05, 4.69) is 17.1 Å². The fourth-order valence-corrected chi connectivity index (χ4v) is 6.31. The molecule has 188 valence electrons. The summed E-state index contributed by atoms with van der Waals surface area (Å²) in [4.78, 5) is 24.7. The summed E-state index contributed by atoms with van der Waals surface area (Å²) in [5, 5.41) is 0.574. The van der Waals surface area contributed by atoms with E-state index in [1.807, 2.05) is 39.0 Å². The lowest BCUT2D eigenvalue weighted by Crippen LogP contribution is -2.31. The fraction of sp³-hybridized carbons (Fsp3) is 0.296. The molecule has 0 radical (unpaired) electrons. The number of nitrogens with zero attached hydrogens (tertiary/aromatic N) is 4. The Morgan fingerprint density at radius 3 is 2.47 bits per heavy atom. The Morgan fingerprint density at radius 2 is 1.81 bits per heavy atom. The first-order valence-corrected chi connectivity index (χ1v) is 14.1. The predicted molar refractivity (Wildman–Crippen MR) is 145 cm³/mol. The molecule has 7 nitrogen and oxygen atoms in total. The van der Waals surface area contributed by atoms with Crippen LogP contribution in [0.25, 0.3) is 10.2 Å². The maximum Gasteiger partial charge on any atom is 0.260 e. The summed E-state index contributed by atoms with van der Waals surface area (Å²) >= 11 is 1.46. The van der Waals surface area contributed by atoms with Crippen molar-refractivity contribution in [3.05, 3.63) is 83.2 Å². The Bertz CT molecular complexity index is 1470. The van der Waals surface area contributed by atoms with E-state index in [0.717, 1.165) is 39.9 Å². The van der Waals surface area contributed by atoms with Gasteiger partial charge in [0, 0.05) is 25.4 Å². The number of aromatic nitrogens is 2. The molecule has 0 fully saturated rings. The molecule has 2 heterocycles. The fourth-order valence-electron chi connectivity index (χ4n) is 3.96. The largest absolute Gasteiger partial charge is 0.278 e. The molecular formula is C27H30N4O3S2. The van der Waals surface area contributed by atoms with Crippen LogP contribution in [0.5, 0.6) is 0 Å². The zero-order chi connectivity index (χ0) is 25.9. The van der Waals surface area contributed by atoms with E-state index in [1.165, 1.54) is 27.8 Å². The maximum absolute atomic E-state index is 13.7. The molecule has 0 aliphatic carbocycles. The van der Waals surface area contributed by atoms with Gasteiger partial charge in [-0.15, -0.1) is 0 Å². The van der Waals surface area contributed by atoms with Gasteiger partial charge in [0.1, 0.15) is 0 Å². The monoisotopic (exact) mass is 522 g/mol. The zero-order valence-electron chi connectivity index (χ0n) is 20.9. The average Bonchev–Trinajstić information content (AvgIpc) is 3.30. The smallest absolute Gasteiger partial charge is 0.260 e. The minimum atomic E-state index is -3.61. The highest BCUT2D eigenvalue weighted by Gasteiger charge is 2.25. The van der Waals surface area contributed by atoms with Crippen LogP contribution in [0.3, 0.4) is 0 Å². The van der Waals surface area contributed by atoms with Crippen LogP contribution in [0.15, 0.2) is 65.7 Å². The number of sulfonamides is 1. The summed E-state index contributed by atoms with van der Waals surface area (Å²) in [6, 6.07) is 15.8. The Morgan fingerprint density at radius 1 is 1.06 bits per heavy atom. The molecule has 0 unspecified atom stereocenters. The molecule has 0 aliphatic rings. The van der Waals surface area contributed by atoms with Crippen LogP contribution in [0, 0.1) is 13.8 Å². The molecule has 0 saturated carbocycles. The van der Waals surface area contributed by atoms with E-state index in [1.54, 1.807) is 30.3 Å². The normalized spacial score (nSPS) is 11.8. The average molecular weight is 523 g/mol. The first kappa shape index (κ1) is 25.9. The number of fused-ring (bicyclic) bond motifs is 1. The third-order valence-corrected chi connectivity index (χ3v) is 8.87. The molecule has 36 heavy (non-hydrogen) atoms. The van der Waals surface area contributed by atoms with Crippen molar-refractivity contribution in [2.45, 2.75) is 45.1 Å². The number of unbranched alkanes of at least 4 members (excludes halogenated alkanes) is 1. The lowest BCUT2D eigenvalue weighted by atomic mass is 10.1. The summed E-state index contributed by atoms with van der Waals surface area (Å²) in [5.74, 6) is -0.266. The highest BCUT2D eigenvalue weighted by Crippen LogP contribution is 2.33. The van der Waals surface area contributed by atoms with E-state index in [0.29, 0.717) is 17.2 Å². The first-order chi connectivity index (χ1) is 17.2. The SMILES string of the molecule is CCCCN(C)S(=O)(=O)c1ccc(C(=O)N(Cc2ccccn2)c2nc3c(C)cc(C)cc3s2)cc1. The number of anilines is 1. The number of hydrogen-bond acceptors (Lipinski definition) is 6. The molecule has 0 atom stereocenters. The molecule has 0 spiro atoms. The third-order valence-electron chi connectivity index (χ3n) is 5.98. The number of carbonyl (C=O) groups excluding carboxylic acids is 1. The lowest BCUT2D eigenvalue weighted by Gasteiger charge is -2.20. The number of rotatable bonds is 9. The predicted octanol–water partition coefficient (Wildman–Crippen LogP) is 5.58. The lowest BCUT2D eigenvalue weighted by molar-refractivity contribution is 0.0984. The van der Waals surface area contributed by atoms with Gasteiger partial charge in [-0.25, -0.2) is 17.7 Å². The minimum absolute atomic E-state index is 0.167. The van der Waals surface area contributed by atoms with E-state index in [-0.39, 0.29) is 17.3 Å². The van der Waals surface area contributed by atoms with Crippen LogP contribution >= 0.6 is 11.3 Å². The van der Waals surface area contributed by atoms with E-state index in [4.69, 9.17) is 4.98 Å². The van der Waals surface area contributed by atoms with Crippen LogP contribution in [0.1, 0.15) is 46.9 Å². The molecule has 9 heteroatoms. The van der Waals surface area contributed by atoms with Crippen molar-refractivity contribution in [2.75, 3.05) is 18.5 Å². The van der Waals surface area contributed by atoms with Crippen LogP contribution in [0.2, 0.25) is 0 Å². The molecule has 4 aromatic rings. The van der Waals surface area contributed by atoms with Crippen molar-refractivity contribution in [2.24, 2.45) is 0 Å². The minimum Gasteiger partial charge on any atom is -0.278 e. The topological polar surface area (TPSA) is 83.5 Å². The molecule has 0 saturated heterocycles. The molecule has 0 bridgehead atoms. The Labute approximate surface area is 216 Å². The molecule has 2 aromatic carbocycles. The van der Waals surface area contributed by atoms with Gasteiger partial charge in [0.05, 0.1) is 27.4 Å². The van der Waals surface area contributed by atoms with Gasteiger partial charge < -0.3 is 0 Å². The van der Waals surface area contributed by atoms with Crippen molar-refractivity contribution >= 4 is 42.6 Å². The van der Waals surface area contributed by atoms with Gasteiger partial charge in [-0.3, -0.25) is 14.7 Å². The molecule has 2 aromatic heterocycles. The summed E-state index contributed by atoms with van der Waals surface area (Å²) in [6.45, 7) is 6.77. The van der Waals surface area contributed by atoms with E-state index >= 15 is 0 Å². The van der Waals surface area contributed by atoms with Crippen molar-refractivity contribution in [1.82, 2.24) is 14.3 Å². The molecular weight excluding hydrogens is 492 g/mol. The van der Waals surface area contributed by atoms with E-state index in [9.17, 15) is 13.2 Å². The number of amides is 1. The van der Waals surface area contributed by atoms with Crippen LogP contribution in [-0.4, -0.2) is 42.2 Å². The maximum atomic E-state index is 13.7. The number of benzene rings is 2. The highest BCUT2D eigenvalue weighted by atomic mass is 32.2. The van der Waals surface area contributed by atoms with Crippen molar-refractivity contribution in [3.63, 3.8) is 0 Å². The van der Waals surface area contributed by atoms with E-state index < -0.39 is 10.0 Å². The van der Waals surface area contributed by atoms with Gasteiger partial charge in [-0.1, -0.05) is 36.8 Å². The standard InChI is InChI=1S/C27H30N4O3S2/c1-5-6-15-30(4)36(33,34)23-12-10-21(11-13-23)26(32)31(18-22-9-7-8-14-28-22)27-29-25-20(3)16-19(2)17-24(25)35-27/h7-14,16-17H,5-6,15,18H2,1-4H3. The Kier molecular flexibility index (Phi) is 7.82. The molecule has 0 N–H and O–H groups in total. The number of aryl methyl sites for hydroxylation is 2. The third kappa shape index (κ3) is 5.48. The summed E-state index contributed by atoms with van der Waals surface area (Å²) in [5.41, 5.74) is 4.18. The summed E-state index contributed by atoms with van der Waals surface area (Å²) in [6.07, 6.45) is 3.39. The number of pyridine rings is 1. The van der Waals surface area contributed by atoms with Crippen molar-refractivity contribution < 1.29 is 13.2 Å². The quantitative estimate of drug-likeness (QED) is 0.287.